The summed E-state index contributed by atoms with van der Waals surface area (Å²) in [5.74, 6) is -4.59. The summed E-state index contributed by atoms with van der Waals surface area (Å²) in [6, 6.07) is 15.0. The number of ether oxygens (including phenoxy) is 2. The number of rotatable bonds is 8. The van der Waals surface area contributed by atoms with Crippen LogP contribution in [0.3, 0.4) is 0 Å². The first kappa shape index (κ1) is 29.3. The SMILES string of the molecule is Cc1ccc(S(=O)(=O)N/N=C2/C[C@](C)(O)[C@@H](C(=O)OC(C)C)[C@H](c3ccccc3)[C@@H]2C(=O)OC(C)C)cc1. The smallest absolute Gasteiger partial charge is 0.315 e. The van der Waals surface area contributed by atoms with Crippen LogP contribution in [-0.4, -0.2) is 49.0 Å². The highest BCUT2D eigenvalue weighted by molar-refractivity contribution is 7.89. The second kappa shape index (κ2) is 11.7. The fraction of sp³-hybridized carbons (Fsp3) is 0.464. The van der Waals surface area contributed by atoms with Crippen molar-refractivity contribution in [2.45, 2.75) is 76.6 Å². The van der Waals surface area contributed by atoms with Gasteiger partial charge in [0.05, 0.1) is 34.3 Å². The largest absolute Gasteiger partial charge is 0.463 e. The molecule has 206 valence electrons. The van der Waals surface area contributed by atoms with Crippen molar-refractivity contribution in [3.8, 4) is 0 Å². The minimum absolute atomic E-state index is 0.00526. The summed E-state index contributed by atoms with van der Waals surface area (Å²) in [4.78, 5) is 29.1. The van der Waals surface area contributed by atoms with Crippen molar-refractivity contribution in [3.63, 3.8) is 0 Å². The van der Waals surface area contributed by atoms with E-state index in [-0.39, 0.29) is 17.0 Å². The number of hydrazone groups is 1. The van der Waals surface area contributed by atoms with E-state index in [1.165, 1.54) is 19.1 Å². The van der Waals surface area contributed by atoms with Gasteiger partial charge in [0, 0.05) is 12.3 Å². The van der Waals surface area contributed by atoms with E-state index in [2.05, 4.69) is 9.93 Å². The molecule has 0 spiro atoms. The van der Waals surface area contributed by atoms with Gasteiger partial charge >= 0.3 is 11.9 Å². The van der Waals surface area contributed by atoms with Gasteiger partial charge in [0.1, 0.15) is 5.92 Å². The second-order valence-electron chi connectivity index (χ2n) is 10.4. The molecule has 1 aliphatic carbocycles. The predicted molar refractivity (Wildman–Crippen MR) is 143 cm³/mol. The van der Waals surface area contributed by atoms with Crippen LogP contribution in [-0.2, 0) is 29.1 Å². The van der Waals surface area contributed by atoms with Crippen LogP contribution in [0.25, 0.3) is 0 Å². The number of aryl methyl sites for hydroxylation is 1. The van der Waals surface area contributed by atoms with Gasteiger partial charge in [0.2, 0.25) is 0 Å². The highest BCUT2D eigenvalue weighted by Crippen LogP contribution is 2.47. The van der Waals surface area contributed by atoms with Crippen LogP contribution in [0.1, 0.15) is 58.1 Å². The van der Waals surface area contributed by atoms with Crippen LogP contribution in [0.5, 0.6) is 0 Å². The summed E-state index contributed by atoms with van der Waals surface area (Å²) in [5.41, 5.74) is -0.188. The van der Waals surface area contributed by atoms with E-state index in [1.807, 2.05) is 6.92 Å². The van der Waals surface area contributed by atoms with Crippen molar-refractivity contribution in [3.05, 3.63) is 65.7 Å². The fourth-order valence-corrected chi connectivity index (χ4v) is 5.56. The van der Waals surface area contributed by atoms with Gasteiger partial charge in [-0.25, -0.2) is 4.83 Å². The Bertz CT molecular complexity index is 1270. The quantitative estimate of drug-likeness (QED) is 0.383. The van der Waals surface area contributed by atoms with Crippen LogP contribution < -0.4 is 4.83 Å². The summed E-state index contributed by atoms with van der Waals surface area (Å²) in [6.45, 7) is 10.1. The highest BCUT2D eigenvalue weighted by Gasteiger charge is 2.56. The van der Waals surface area contributed by atoms with Gasteiger partial charge < -0.3 is 14.6 Å². The molecule has 1 fully saturated rings. The molecule has 3 rings (SSSR count). The number of nitrogens with one attached hydrogen (secondary N) is 1. The molecule has 1 saturated carbocycles. The molecule has 0 amide bonds. The minimum atomic E-state index is -4.08. The Morgan fingerprint density at radius 2 is 1.53 bits per heavy atom. The van der Waals surface area contributed by atoms with Crippen molar-refractivity contribution >= 4 is 27.7 Å². The maximum atomic E-state index is 13.5. The van der Waals surface area contributed by atoms with Crippen molar-refractivity contribution in [1.29, 1.82) is 0 Å². The van der Waals surface area contributed by atoms with Crippen LogP contribution in [0, 0.1) is 18.8 Å². The monoisotopic (exact) mass is 544 g/mol. The van der Waals surface area contributed by atoms with Crippen molar-refractivity contribution < 1.29 is 32.6 Å². The van der Waals surface area contributed by atoms with Gasteiger partial charge in [0.15, 0.2) is 0 Å². The van der Waals surface area contributed by atoms with E-state index >= 15 is 0 Å². The Morgan fingerprint density at radius 3 is 2.08 bits per heavy atom. The number of esters is 2. The molecule has 0 aromatic heterocycles. The Balaban J connectivity index is 2.15. The third kappa shape index (κ3) is 6.79. The molecule has 0 heterocycles. The Hall–Kier alpha value is -3.24. The third-order valence-corrected chi connectivity index (χ3v) is 7.55. The van der Waals surface area contributed by atoms with E-state index < -0.39 is 57.5 Å². The van der Waals surface area contributed by atoms with Gasteiger partial charge in [-0.1, -0.05) is 48.0 Å². The van der Waals surface area contributed by atoms with Crippen LogP contribution in [0.4, 0.5) is 0 Å². The lowest BCUT2D eigenvalue weighted by Crippen LogP contribution is -2.56. The molecular formula is C28H36N2O7S. The second-order valence-corrected chi connectivity index (χ2v) is 12.1. The molecule has 0 aliphatic heterocycles. The van der Waals surface area contributed by atoms with Crippen LogP contribution in [0.15, 0.2) is 64.6 Å². The lowest BCUT2D eigenvalue weighted by molar-refractivity contribution is -0.167. The van der Waals surface area contributed by atoms with E-state index in [0.717, 1.165) is 5.56 Å². The standard InChI is InChI=1S/C28H36N2O7S/c1-17(2)36-26(31)24-22(29-30-38(34,35)21-14-12-19(5)13-15-21)16-28(6,33)25(27(32)37-18(3)4)23(24)20-10-8-7-9-11-20/h7-15,17-18,23-25,30,33H,16H2,1-6H3/b29-22-/t23-,24-,25-,28+/m1/s1. The van der Waals surface area contributed by atoms with Gasteiger partial charge in [-0.15, -0.1) is 0 Å². The number of aliphatic hydroxyl groups is 1. The van der Waals surface area contributed by atoms with Crippen LogP contribution >= 0.6 is 0 Å². The number of carbonyl (C=O) groups is 2. The summed E-state index contributed by atoms with van der Waals surface area (Å²) in [5, 5.41) is 15.7. The molecule has 0 unspecified atom stereocenters. The van der Waals surface area contributed by atoms with E-state index in [0.29, 0.717) is 5.56 Å². The molecule has 2 N–H and O–H groups in total. The molecule has 4 atom stereocenters. The number of benzene rings is 2. The molecule has 9 nitrogen and oxygen atoms in total. The molecule has 38 heavy (non-hydrogen) atoms. The molecule has 2 aromatic rings. The number of hydrogen-bond donors (Lipinski definition) is 2. The topological polar surface area (TPSA) is 131 Å². The number of carbonyl (C=O) groups excluding carboxylic acids is 2. The zero-order chi connectivity index (χ0) is 28.3. The predicted octanol–water partition coefficient (Wildman–Crippen LogP) is 3.70. The first-order valence-electron chi connectivity index (χ1n) is 12.6. The lowest BCUT2D eigenvalue weighted by atomic mass is 9.61. The maximum absolute atomic E-state index is 13.5. The van der Waals surface area contributed by atoms with E-state index in [4.69, 9.17) is 9.47 Å². The summed E-state index contributed by atoms with van der Waals surface area (Å²) in [7, 11) is -4.08. The van der Waals surface area contributed by atoms with Crippen molar-refractivity contribution in [2.24, 2.45) is 16.9 Å². The zero-order valence-corrected chi connectivity index (χ0v) is 23.4. The molecule has 10 heteroatoms. The molecule has 2 aromatic carbocycles. The molecule has 0 saturated heterocycles. The number of nitrogens with zero attached hydrogens (tertiary/aromatic N) is 1. The van der Waals surface area contributed by atoms with Gasteiger partial charge in [0.25, 0.3) is 10.0 Å². The average Bonchev–Trinajstić information content (AvgIpc) is 2.81. The Kier molecular flexibility index (Phi) is 8.99. The number of hydrogen-bond acceptors (Lipinski definition) is 8. The minimum Gasteiger partial charge on any atom is -0.463 e. The lowest BCUT2D eigenvalue weighted by Gasteiger charge is -2.45. The van der Waals surface area contributed by atoms with E-state index in [1.54, 1.807) is 70.2 Å². The molecule has 0 radical (unpaired) electrons. The summed E-state index contributed by atoms with van der Waals surface area (Å²) >= 11 is 0. The van der Waals surface area contributed by atoms with Gasteiger partial charge in [-0.2, -0.15) is 13.5 Å². The highest BCUT2D eigenvalue weighted by atomic mass is 32.2. The average molecular weight is 545 g/mol. The fourth-order valence-electron chi connectivity index (χ4n) is 4.73. The zero-order valence-electron chi connectivity index (χ0n) is 22.5. The molecule has 1 aliphatic rings. The van der Waals surface area contributed by atoms with Gasteiger partial charge in [-0.3, -0.25) is 9.59 Å². The Morgan fingerprint density at radius 1 is 0.974 bits per heavy atom. The normalized spacial score (nSPS) is 24.9. The summed E-state index contributed by atoms with van der Waals surface area (Å²) < 4.78 is 37.0. The number of sulfonamides is 1. The summed E-state index contributed by atoms with van der Waals surface area (Å²) in [6.07, 6.45) is -1.19. The van der Waals surface area contributed by atoms with Gasteiger partial charge in [-0.05, 0) is 59.2 Å². The first-order valence-corrected chi connectivity index (χ1v) is 14.0. The molecular weight excluding hydrogens is 508 g/mol. The molecule has 0 bridgehead atoms. The van der Waals surface area contributed by atoms with Crippen molar-refractivity contribution in [2.75, 3.05) is 0 Å². The Labute approximate surface area is 224 Å². The first-order chi connectivity index (χ1) is 17.7. The maximum Gasteiger partial charge on any atom is 0.315 e. The van der Waals surface area contributed by atoms with Crippen LogP contribution in [0.2, 0.25) is 0 Å². The van der Waals surface area contributed by atoms with Crippen molar-refractivity contribution in [1.82, 2.24) is 4.83 Å². The van der Waals surface area contributed by atoms with E-state index in [9.17, 15) is 23.1 Å². The third-order valence-electron chi connectivity index (χ3n) is 6.32.